The maximum atomic E-state index is 12.2. The normalized spacial score (nSPS) is 35.1. The summed E-state index contributed by atoms with van der Waals surface area (Å²) in [6.07, 6.45) is 4.32. The number of nitrogens with zero attached hydrogens (tertiary/aromatic N) is 1. The Balaban J connectivity index is 2.21. The van der Waals surface area contributed by atoms with E-state index in [1.54, 1.807) is 0 Å². The van der Waals surface area contributed by atoms with E-state index in [0.717, 1.165) is 25.7 Å². The SMILES string of the molecule is CC1CCC(CO)(N2C(=O)CC(C)CC2=O)CC1. The fourth-order valence-electron chi connectivity index (χ4n) is 3.27. The molecule has 1 aliphatic heterocycles. The van der Waals surface area contributed by atoms with E-state index in [-0.39, 0.29) is 24.3 Å². The van der Waals surface area contributed by atoms with Crippen LogP contribution in [0.3, 0.4) is 0 Å². The van der Waals surface area contributed by atoms with Gasteiger partial charge < -0.3 is 5.11 Å². The van der Waals surface area contributed by atoms with Crippen LogP contribution in [0, 0.1) is 11.8 Å². The summed E-state index contributed by atoms with van der Waals surface area (Å²) in [4.78, 5) is 25.7. The van der Waals surface area contributed by atoms with Crippen molar-refractivity contribution in [2.75, 3.05) is 6.61 Å². The van der Waals surface area contributed by atoms with E-state index in [2.05, 4.69) is 6.92 Å². The van der Waals surface area contributed by atoms with E-state index in [9.17, 15) is 14.7 Å². The van der Waals surface area contributed by atoms with Crippen LogP contribution in [0.15, 0.2) is 0 Å². The maximum absolute atomic E-state index is 12.2. The van der Waals surface area contributed by atoms with E-state index in [0.29, 0.717) is 18.8 Å². The Morgan fingerprint density at radius 1 is 1.11 bits per heavy atom. The number of rotatable bonds is 2. The predicted molar refractivity (Wildman–Crippen MR) is 67.7 cm³/mol. The number of aliphatic hydroxyl groups is 1. The number of likely N-dealkylation sites (tertiary alicyclic amines) is 1. The molecule has 0 aromatic carbocycles. The molecule has 0 bridgehead atoms. The van der Waals surface area contributed by atoms with Crippen LogP contribution in [-0.4, -0.2) is 34.0 Å². The van der Waals surface area contributed by atoms with Crippen molar-refractivity contribution in [1.82, 2.24) is 4.90 Å². The Hall–Kier alpha value is -0.900. The lowest BCUT2D eigenvalue weighted by Crippen LogP contribution is -2.60. The lowest BCUT2D eigenvalue weighted by molar-refractivity contribution is -0.162. The second-order valence-corrected chi connectivity index (χ2v) is 6.20. The molecule has 0 radical (unpaired) electrons. The largest absolute Gasteiger partial charge is 0.394 e. The minimum Gasteiger partial charge on any atom is -0.394 e. The van der Waals surface area contributed by atoms with E-state index in [1.807, 2.05) is 6.92 Å². The van der Waals surface area contributed by atoms with Crippen LogP contribution < -0.4 is 0 Å². The highest BCUT2D eigenvalue weighted by atomic mass is 16.3. The average Bonchev–Trinajstić information content (AvgIpc) is 2.30. The van der Waals surface area contributed by atoms with Gasteiger partial charge in [-0.25, -0.2) is 0 Å². The third kappa shape index (κ3) is 2.30. The maximum Gasteiger partial charge on any atom is 0.230 e. The van der Waals surface area contributed by atoms with Crippen molar-refractivity contribution < 1.29 is 14.7 Å². The van der Waals surface area contributed by atoms with Gasteiger partial charge in [0.15, 0.2) is 0 Å². The molecule has 2 amide bonds. The zero-order valence-corrected chi connectivity index (χ0v) is 11.3. The molecular formula is C14H23NO3. The Kier molecular flexibility index (Phi) is 3.76. The smallest absolute Gasteiger partial charge is 0.230 e. The quantitative estimate of drug-likeness (QED) is 0.762. The lowest BCUT2D eigenvalue weighted by atomic mass is 9.75. The van der Waals surface area contributed by atoms with Gasteiger partial charge in [-0.1, -0.05) is 13.8 Å². The van der Waals surface area contributed by atoms with Crippen molar-refractivity contribution in [3.8, 4) is 0 Å². The Labute approximate surface area is 108 Å². The molecule has 1 N–H and O–H groups in total. The summed E-state index contributed by atoms with van der Waals surface area (Å²) in [6.45, 7) is 4.02. The van der Waals surface area contributed by atoms with E-state index in [4.69, 9.17) is 0 Å². The second kappa shape index (κ2) is 5.00. The average molecular weight is 253 g/mol. The molecule has 102 valence electrons. The molecule has 4 nitrogen and oxygen atoms in total. The van der Waals surface area contributed by atoms with Crippen molar-refractivity contribution >= 4 is 11.8 Å². The summed E-state index contributed by atoms with van der Waals surface area (Å²) in [5, 5.41) is 9.74. The summed E-state index contributed by atoms with van der Waals surface area (Å²) in [5.74, 6) is 0.572. The molecule has 18 heavy (non-hydrogen) atoms. The molecule has 0 aromatic rings. The fourth-order valence-corrected chi connectivity index (χ4v) is 3.27. The minimum atomic E-state index is -0.610. The summed E-state index contributed by atoms with van der Waals surface area (Å²) < 4.78 is 0. The molecule has 2 fully saturated rings. The van der Waals surface area contributed by atoms with Crippen LogP contribution >= 0.6 is 0 Å². The van der Waals surface area contributed by atoms with Crippen molar-refractivity contribution in [1.29, 1.82) is 0 Å². The van der Waals surface area contributed by atoms with Crippen LogP contribution in [-0.2, 0) is 9.59 Å². The molecule has 2 rings (SSSR count). The first kappa shape index (κ1) is 13.5. The number of hydrogen-bond acceptors (Lipinski definition) is 3. The number of carbonyl (C=O) groups is 2. The molecule has 0 atom stereocenters. The second-order valence-electron chi connectivity index (χ2n) is 6.20. The number of amides is 2. The predicted octanol–water partition coefficient (Wildman–Crippen LogP) is 1.71. The number of piperidine rings is 1. The number of hydrogen-bond donors (Lipinski definition) is 1. The highest BCUT2D eigenvalue weighted by Crippen LogP contribution is 2.39. The van der Waals surface area contributed by atoms with Crippen molar-refractivity contribution in [2.24, 2.45) is 11.8 Å². The van der Waals surface area contributed by atoms with Gasteiger partial charge in [0.25, 0.3) is 0 Å². The first-order valence-electron chi connectivity index (χ1n) is 6.95. The molecule has 1 saturated heterocycles. The molecule has 1 aliphatic carbocycles. The Bertz CT molecular complexity index is 327. The summed E-state index contributed by atoms with van der Waals surface area (Å²) >= 11 is 0. The van der Waals surface area contributed by atoms with E-state index >= 15 is 0 Å². The van der Waals surface area contributed by atoms with Crippen molar-refractivity contribution in [3.05, 3.63) is 0 Å². The van der Waals surface area contributed by atoms with Crippen LogP contribution in [0.5, 0.6) is 0 Å². The first-order chi connectivity index (χ1) is 8.48. The molecule has 4 heteroatoms. The van der Waals surface area contributed by atoms with Gasteiger partial charge in [-0.05, 0) is 37.5 Å². The van der Waals surface area contributed by atoms with Crippen molar-refractivity contribution in [2.45, 2.75) is 57.9 Å². The Morgan fingerprint density at radius 3 is 2.06 bits per heavy atom. The highest BCUT2D eigenvalue weighted by Gasteiger charge is 2.46. The van der Waals surface area contributed by atoms with Gasteiger partial charge in [-0.2, -0.15) is 0 Å². The number of imide groups is 1. The van der Waals surface area contributed by atoms with Gasteiger partial charge in [0.1, 0.15) is 0 Å². The number of carbonyl (C=O) groups excluding carboxylic acids is 2. The van der Waals surface area contributed by atoms with Crippen LogP contribution in [0.25, 0.3) is 0 Å². The molecule has 1 heterocycles. The molecule has 0 unspecified atom stereocenters. The van der Waals surface area contributed by atoms with Gasteiger partial charge in [0, 0.05) is 12.8 Å². The zero-order chi connectivity index (χ0) is 13.3. The van der Waals surface area contributed by atoms with Gasteiger partial charge in [0.05, 0.1) is 12.1 Å². The van der Waals surface area contributed by atoms with Gasteiger partial charge in [-0.3, -0.25) is 14.5 Å². The van der Waals surface area contributed by atoms with Crippen LogP contribution in [0.2, 0.25) is 0 Å². The topological polar surface area (TPSA) is 57.6 Å². The minimum absolute atomic E-state index is 0.0917. The fraction of sp³-hybridized carbons (Fsp3) is 0.857. The number of aliphatic hydroxyl groups excluding tert-OH is 1. The first-order valence-corrected chi connectivity index (χ1v) is 6.95. The third-order valence-corrected chi connectivity index (χ3v) is 4.52. The van der Waals surface area contributed by atoms with E-state index < -0.39 is 5.54 Å². The monoisotopic (exact) mass is 253 g/mol. The highest BCUT2D eigenvalue weighted by molar-refractivity contribution is 5.98. The van der Waals surface area contributed by atoms with E-state index in [1.165, 1.54) is 4.90 Å². The standard InChI is InChI=1S/C14H23NO3/c1-10-3-5-14(9-16,6-4-10)15-12(17)7-11(2)8-13(15)18/h10-11,16H,3-9H2,1-2H3. The zero-order valence-electron chi connectivity index (χ0n) is 11.3. The molecule has 0 aromatic heterocycles. The Morgan fingerprint density at radius 2 is 1.61 bits per heavy atom. The van der Waals surface area contributed by atoms with Gasteiger partial charge >= 0.3 is 0 Å². The lowest BCUT2D eigenvalue weighted by Gasteiger charge is -2.47. The molecule has 2 aliphatic rings. The summed E-state index contributed by atoms with van der Waals surface area (Å²) in [5.41, 5.74) is -0.610. The van der Waals surface area contributed by atoms with Gasteiger partial charge in [0.2, 0.25) is 11.8 Å². The van der Waals surface area contributed by atoms with Crippen LogP contribution in [0.4, 0.5) is 0 Å². The summed E-state index contributed by atoms with van der Waals surface area (Å²) in [6, 6.07) is 0. The third-order valence-electron chi connectivity index (χ3n) is 4.52. The van der Waals surface area contributed by atoms with Crippen molar-refractivity contribution in [3.63, 3.8) is 0 Å². The molecule has 0 spiro atoms. The van der Waals surface area contributed by atoms with Gasteiger partial charge in [-0.15, -0.1) is 0 Å². The molecular weight excluding hydrogens is 230 g/mol. The molecule has 1 saturated carbocycles. The summed E-state index contributed by atoms with van der Waals surface area (Å²) in [7, 11) is 0. The van der Waals surface area contributed by atoms with Crippen LogP contribution in [0.1, 0.15) is 52.4 Å².